The van der Waals surface area contributed by atoms with Gasteiger partial charge < -0.3 is 16.0 Å². The van der Waals surface area contributed by atoms with Crippen LogP contribution >= 0.6 is 24.8 Å². The van der Waals surface area contributed by atoms with Crippen LogP contribution in [0.1, 0.15) is 13.3 Å². The standard InChI is InChI=1S/C16H24N4O2.2ClH/c1-13(17)11-16(22)20-9-7-19(8-10-20)12-15(21)18-14-5-3-2-4-6-14;;/h2-6,13H,7-12,17H2,1H3,(H,18,21);2*1H. The van der Waals surface area contributed by atoms with Crippen LogP contribution < -0.4 is 11.1 Å². The summed E-state index contributed by atoms with van der Waals surface area (Å²) in [7, 11) is 0. The van der Waals surface area contributed by atoms with Gasteiger partial charge in [0.2, 0.25) is 11.8 Å². The first-order valence-electron chi connectivity index (χ1n) is 7.65. The molecule has 24 heavy (non-hydrogen) atoms. The highest BCUT2D eigenvalue weighted by Crippen LogP contribution is 2.07. The molecule has 136 valence electrons. The van der Waals surface area contributed by atoms with Gasteiger partial charge in [-0.15, -0.1) is 24.8 Å². The van der Waals surface area contributed by atoms with Crippen molar-refractivity contribution in [1.82, 2.24) is 9.80 Å². The Balaban J connectivity index is 0.00000264. The smallest absolute Gasteiger partial charge is 0.238 e. The van der Waals surface area contributed by atoms with Crippen LogP contribution in [0, 0.1) is 0 Å². The van der Waals surface area contributed by atoms with Gasteiger partial charge in [0.05, 0.1) is 6.54 Å². The molecule has 2 rings (SSSR count). The molecule has 1 fully saturated rings. The van der Waals surface area contributed by atoms with E-state index in [0.29, 0.717) is 39.1 Å². The number of carbonyl (C=O) groups excluding carboxylic acids is 2. The van der Waals surface area contributed by atoms with Gasteiger partial charge in [0.25, 0.3) is 0 Å². The molecule has 0 radical (unpaired) electrons. The summed E-state index contributed by atoms with van der Waals surface area (Å²) in [6.45, 7) is 4.93. The van der Waals surface area contributed by atoms with Crippen LogP contribution in [0.25, 0.3) is 0 Å². The second-order valence-corrected chi connectivity index (χ2v) is 5.75. The Morgan fingerprint density at radius 3 is 2.25 bits per heavy atom. The maximum atomic E-state index is 12.0. The summed E-state index contributed by atoms with van der Waals surface area (Å²) in [5.41, 5.74) is 6.46. The number of nitrogens with zero attached hydrogens (tertiary/aromatic N) is 2. The molecule has 1 aliphatic heterocycles. The molecule has 0 spiro atoms. The van der Waals surface area contributed by atoms with E-state index in [0.717, 1.165) is 5.69 Å². The molecular formula is C16H26Cl2N4O2. The van der Waals surface area contributed by atoms with E-state index in [1.165, 1.54) is 0 Å². The summed E-state index contributed by atoms with van der Waals surface area (Å²) < 4.78 is 0. The minimum atomic E-state index is -0.109. The van der Waals surface area contributed by atoms with Crippen LogP contribution in [0.15, 0.2) is 30.3 Å². The average molecular weight is 377 g/mol. The van der Waals surface area contributed by atoms with Gasteiger partial charge >= 0.3 is 0 Å². The zero-order chi connectivity index (χ0) is 15.9. The summed E-state index contributed by atoms with van der Waals surface area (Å²) >= 11 is 0. The second kappa shape index (κ2) is 11.3. The Labute approximate surface area is 155 Å². The van der Waals surface area contributed by atoms with Gasteiger partial charge in [0.15, 0.2) is 0 Å². The number of nitrogens with two attached hydrogens (primary N) is 1. The van der Waals surface area contributed by atoms with Crippen molar-refractivity contribution in [2.45, 2.75) is 19.4 Å². The van der Waals surface area contributed by atoms with Gasteiger partial charge in [-0.25, -0.2) is 0 Å². The Morgan fingerprint density at radius 2 is 1.71 bits per heavy atom. The lowest BCUT2D eigenvalue weighted by atomic mass is 10.2. The highest BCUT2D eigenvalue weighted by Gasteiger charge is 2.22. The number of rotatable bonds is 5. The largest absolute Gasteiger partial charge is 0.340 e. The quantitative estimate of drug-likeness (QED) is 0.812. The van der Waals surface area contributed by atoms with Crippen molar-refractivity contribution in [2.24, 2.45) is 5.73 Å². The number of anilines is 1. The third kappa shape index (κ3) is 7.49. The van der Waals surface area contributed by atoms with Crippen molar-refractivity contribution in [2.75, 3.05) is 38.0 Å². The summed E-state index contributed by atoms with van der Waals surface area (Å²) in [6, 6.07) is 9.30. The zero-order valence-corrected chi connectivity index (χ0v) is 15.4. The maximum absolute atomic E-state index is 12.0. The van der Waals surface area contributed by atoms with Gasteiger partial charge in [-0.1, -0.05) is 18.2 Å². The summed E-state index contributed by atoms with van der Waals surface area (Å²) in [5.74, 6) is 0.0740. The molecule has 1 unspecified atom stereocenters. The fourth-order valence-electron chi connectivity index (χ4n) is 2.49. The zero-order valence-electron chi connectivity index (χ0n) is 13.8. The highest BCUT2D eigenvalue weighted by molar-refractivity contribution is 5.92. The molecule has 1 aromatic rings. The molecule has 1 heterocycles. The van der Waals surface area contributed by atoms with Crippen molar-refractivity contribution in [1.29, 1.82) is 0 Å². The number of amides is 2. The Bertz CT molecular complexity index is 506. The minimum absolute atomic E-state index is 0. The fraction of sp³-hybridized carbons (Fsp3) is 0.500. The molecule has 1 aromatic carbocycles. The van der Waals surface area contributed by atoms with Crippen LogP contribution in [0.3, 0.4) is 0 Å². The first-order chi connectivity index (χ1) is 10.5. The van der Waals surface area contributed by atoms with Gasteiger partial charge in [0.1, 0.15) is 0 Å². The molecule has 2 amide bonds. The number of hydrogen-bond acceptors (Lipinski definition) is 4. The number of piperazine rings is 1. The van der Waals surface area contributed by atoms with E-state index in [4.69, 9.17) is 5.73 Å². The van der Waals surface area contributed by atoms with E-state index in [2.05, 4.69) is 10.2 Å². The van der Waals surface area contributed by atoms with E-state index < -0.39 is 0 Å². The van der Waals surface area contributed by atoms with Crippen molar-refractivity contribution < 1.29 is 9.59 Å². The van der Waals surface area contributed by atoms with Crippen molar-refractivity contribution in [3.05, 3.63) is 30.3 Å². The molecule has 0 aromatic heterocycles. The molecule has 3 N–H and O–H groups in total. The van der Waals surface area contributed by atoms with Crippen LogP contribution in [0.4, 0.5) is 5.69 Å². The number of hydrogen-bond donors (Lipinski definition) is 2. The average Bonchev–Trinajstić information content (AvgIpc) is 2.48. The molecule has 6 nitrogen and oxygen atoms in total. The number of carbonyl (C=O) groups is 2. The monoisotopic (exact) mass is 376 g/mol. The van der Waals surface area contributed by atoms with Crippen LogP contribution in [0.2, 0.25) is 0 Å². The first kappa shape index (κ1) is 22.7. The van der Waals surface area contributed by atoms with Gasteiger partial charge in [-0.2, -0.15) is 0 Å². The van der Waals surface area contributed by atoms with Crippen molar-refractivity contribution in [3.8, 4) is 0 Å². The maximum Gasteiger partial charge on any atom is 0.238 e. The summed E-state index contributed by atoms with van der Waals surface area (Å²) in [4.78, 5) is 27.8. The first-order valence-corrected chi connectivity index (χ1v) is 7.65. The minimum Gasteiger partial charge on any atom is -0.340 e. The third-order valence-electron chi connectivity index (χ3n) is 3.65. The van der Waals surface area contributed by atoms with E-state index in [9.17, 15) is 9.59 Å². The molecule has 0 aliphatic carbocycles. The molecule has 1 saturated heterocycles. The van der Waals surface area contributed by atoms with E-state index >= 15 is 0 Å². The molecule has 1 aliphatic rings. The van der Waals surface area contributed by atoms with Crippen molar-refractivity contribution >= 4 is 42.3 Å². The predicted octanol–water partition coefficient (Wildman–Crippen LogP) is 1.35. The fourth-order valence-corrected chi connectivity index (χ4v) is 2.49. The number of nitrogens with one attached hydrogen (secondary N) is 1. The van der Waals surface area contributed by atoms with E-state index in [1.807, 2.05) is 42.2 Å². The Hall–Kier alpha value is -1.34. The normalized spacial score (nSPS) is 15.7. The van der Waals surface area contributed by atoms with Crippen LogP contribution in [-0.2, 0) is 9.59 Å². The van der Waals surface area contributed by atoms with Crippen LogP contribution in [0.5, 0.6) is 0 Å². The van der Waals surface area contributed by atoms with Crippen molar-refractivity contribution in [3.63, 3.8) is 0 Å². The SMILES string of the molecule is CC(N)CC(=O)N1CCN(CC(=O)Nc2ccccc2)CC1.Cl.Cl. The highest BCUT2D eigenvalue weighted by atomic mass is 35.5. The van der Waals surface area contributed by atoms with Gasteiger partial charge in [-0.3, -0.25) is 14.5 Å². The van der Waals surface area contributed by atoms with Gasteiger partial charge in [-0.05, 0) is 19.1 Å². The number of para-hydroxylation sites is 1. The lowest BCUT2D eigenvalue weighted by molar-refractivity contribution is -0.133. The van der Waals surface area contributed by atoms with Crippen LogP contribution in [-0.4, -0.2) is 60.4 Å². The van der Waals surface area contributed by atoms with Gasteiger partial charge in [0, 0.05) is 44.3 Å². The molecule has 0 saturated carbocycles. The molecular weight excluding hydrogens is 351 g/mol. The summed E-state index contributed by atoms with van der Waals surface area (Å²) in [5, 5.41) is 2.87. The second-order valence-electron chi connectivity index (χ2n) is 5.75. The van der Waals surface area contributed by atoms with E-state index in [-0.39, 0.29) is 42.7 Å². The lowest BCUT2D eigenvalue weighted by Crippen LogP contribution is -2.51. The third-order valence-corrected chi connectivity index (χ3v) is 3.65. The molecule has 1 atom stereocenters. The predicted molar refractivity (Wildman–Crippen MR) is 101 cm³/mol. The molecule has 8 heteroatoms. The Morgan fingerprint density at radius 1 is 1.12 bits per heavy atom. The number of halogens is 2. The summed E-state index contributed by atoms with van der Waals surface area (Å²) in [6.07, 6.45) is 0.383. The Kier molecular flexibility index (Phi) is 10.6. The van der Waals surface area contributed by atoms with E-state index in [1.54, 1.807) is 0 Å². The number of benzene rings is 1. The lowest BCUT2D eigenvalue weighted by Gasteiger charge is -2.34. The topological polar surface area (TPSA) is 78.7 Å². The molecule has 0 bridgehead atoms.